The first-order valence-corrected chi connectivity index (χ1v) is 13.1. The van der Waals surface area contributed by atoms with Crippen molar-refractivity contribution in [2.45, 2.75) is 38.8 Å². The highest BCUT2D eigenvalue weighted by Crippen LogP contribution is 2.26. The van der Waals surface area contributed by atoms with Crippen molar-refractivity contribution in [1.82, 2.24) is 19.8 Å². The van der Waals surface area contributed by atoms with Crippen LogP contribution in [0.25, 0.3) is 11.0 Å². The van der Waals surface area contributed by atoms with Gasteiger partial charge in [-0.3, -0.25) is 23.9 Å². The molecule has 0 bridgehead atoms. The van der Waals surface area contributed by atoms with E-state index in [0.717, 1.165) is 24.8 Å². The number of aromatic hydroxyl groups is 1. The molecule has 0 unspecified atom stereocenters. The Morgan fingerprint density at radius 2 is 1.52 bits per heavy atom. The van der Waals surface area contributed by atoms with Crippen LogP contribution in [0.3, 0.4) is 0 Å². The zero-order chi connectivity index (χ0) is 28.2. The number of hydrogen-bond acceptors (Lipinski definition) is 5. The van der Waals surface area contributed by atoms with E-state index in [1.54, 1.807) is 23.1 Å². The van der Waals surface area contributed by atoms with Crippen molar-refractivity contribution in [1.29, 1.82) is 0 Å². The standard InChI is InChI=1S/C30H28F2N4O4/c31-22-8-4-19(5-9-22)14-21-15-24-27(33-17-21)28(38)26(29(39)34-16-20-6-10-23(32)11-7-20)30(40)36(24)18-25(37)35-12-2-1-3-13-35/h4-11,15,17,38H,1-3,12-14,16,18H2,(H,34,39). The van der Waals surface area contributed by atoms with Crippen LogP contribution in [0.15, 0.2) is 65.6 Å². The molecular formula is C30H28F2N4O4. The van der Waals surface area contributed by atoms with Gasteiger partial charge < -0.3 is 15.3 Å². The van der Waals surface area contributed by atoms with Gasteiger partial charge in [-0.05, 0) is 72.7 Å². The Morgan fingerprint density at radius 1 is 0.900 bits per heavy atom. The predicted molar refractivity (Wildman–Crippen MR) is 145 cm³/mol. The summed E-state index contributed by atoms with van der Waals surface area (Å²) in [4.78, 5) is 46.1. The van der Waals surface area contributed by atoms with Gasteiger partial charge in [-0.15, -0.1) is 0 Å². The largest absolute Gasteiger partial charge is 0.505 e. The molecule has 3 heterocycles. The Hall–Kier alpha value is -4.60. The zero-order valence-electron chi connectivity index (χ0n) is 21.7. The van der Waals surface area contributed by atoms with E-state index in [1.165, 1.54) is 47.2 Å². The molecule has 0 radical (unpaired) electrons. The van der Waals surface area contributed by atoms with Gasteiger partial charge in [-0.1, -0.05) is 24.3 Å². The lowest BCUT2D eigenvalue weighted by molar-refractivity contribution is -0.132. The van der Waals surface area contributed by atoms with Crippen molar-refractivity contribution in [3.8, 4) is 5.75 Å². The number of rotatable bonds is 7. The highest BCUT2D eigenvalue weighted by atomic mass is 19.1. The van der Waals surface area contributed by atoms with Gasteiger partial charge in [0.2, 0.25) is 5.91 Å². The van der Waals surface area contributed by atoms with Crippen molar-refractivity contribution in [2.75, 3.05) is 13.1 Å². The van der Waals surface area contributed by atoms with E-state index >= 15 is 0 Å². The number of hydrogen-bond donors (Lipinski definition) is 2. The number of piperidine rings is 1. The average molecular weight is 547 g/mol. The molecule has 2 aromatic heterocycles. The maximum atomic E-state index is 13.7. The first-order chi connectivity index (χ1) is 19.3. The molecule has 2 N–H and O–H groups in total. The summed E-state index contributed by atoms with van der Waals surface area (Å²) in [5.74, 6) is -2.49. The molecule has 4 aromatic rings. The molecule has 5 rings (SSSR count). The van der Waals surface area contributed by atoms with E-state index in [4.69, 9.17) is 0 Å². The lowest BCUT2D eigenvalue weighted by Crippen LogP contribution is -2.41. The van der Waals surface area contributed by atoms with E-state index in [2.05, 4.69) is 10.3 Å². The number of carbonyl (C=O) groups excluding carboxylic acids is 2. The van der Waals surface area contributed by atoms with Gasteiger partial charge in [-0.25, -0.2) is 8.78 Å². The van der Waals surface area contributed by atoms with Crippen molar-refractivity contribution >= 4 is 22.8 Å². The molecule has 0 atom stereocenters. The third-order valence-electron chi connectivity index (χ3n) is 7.05. The molecule has 0 spiro atoms. The SMILES string of the molecule is O=C(NCc1ccc(F)cc1)c1c(O)c2ncc(Cc3ccc(F)cc3)cc2n(CC(=O)N2CCCCC2)c1=O. The summed E-state index contributed by atoms with van der Waals surface area (Å²) in [5, 5.41) is 13.6. The van der Waals surface area contributed by atoms with Crippen LogP contribution < -0.4 is 10.9 Å². The molecule has 8 nitrogen and oxygen atoms in total. The molecule has 2 amide bonds. The molecule has 2 aromatic carbocycles. The molecule has 10 heteroatoms. The second-order valence-corrected chi connectivity index (χ2v) is 9.88. The van der Waals surface area contributed by atoms with E-state index in [9.17, 15) is 28.3 Å². The number of fused-ring (bicyclic) bond motifs is 1. The summed E-state index contributed by atoms with van der Waals surface area (Å²) < 4.78 is 27.8. The second-order valence-electron chi connectivity index (χ2n) is 9.88. The third kappa shape index (κ3) is 5.85. The van der Waals surface area contributed by atoms with Crippen LogP contribution in [-0.4, -0.2) is 44.5 Å². The number of likely N-dealkylation sites (tertiary alicyclic amines) is 1. The van der Waals surface area contributed by atoms with Crippen LogP contribution >= 0.6 is 0 Å². The van der Waals surface area contributed by atoms with E-state index in [-0.39, 0.29) is 35.8 Å². The smallest absolute Gasteiger partial charge is 0.268 e. The molecule has 206 valence electrons. The molecule has 1 saturated heterocycles. The normalized spacial score (nSPS) is 13.4. The first-order valence-electron chi connectivity index (χ1n) is 13.1. The zero-order valence-corrected chi connectivity index (χ0v) is 21.7. The molecule has 0 aliphatic carbocycles. The van der Waals surface area contributed by atoms with Crippen molar-refractivity contribution < 1.29 is 23.5 Å². The topological polar surface area (TPSA) is 105 Å². The van der Waals surface area contributed by atoms with Gasteiger partial charge in [0.1, 0.15) is 29.3 Å². The van der Waals surface area contributed by atoms with Crippen molar-refractivity contribution in [3.63, 3.8) is 0 Å². The lowest BCUT2D eigenvalue weighted by atomic mass is 10.0. The van der Waals surface area contributed by atoms with Gasteiger partial charge in [-0.2, -0.15) is 0 Å². The number of aromatic nitrogens is 2. The second kappa shape index (κ2) is 11.6. The van der Waals surface area contributed by atoms with E-state index < -0.39 is 28.6 Å². The quantitative estimate of drug-likeness (QED) is 0.366. The maximum Gasteiger partial charge on any atom is 0.268 e. The van der Waals surface area contributed by atoms with Gasteiger partial charge in [0.15, 0.2) is 5.75 Å². The van der Waals surface area contributed by atoms with Gasteiger partial charge in [0.05, 0.1) is 5.52 Å². The number of halogens is 2. The van der Waals surface area contributed by atoms with Gasteiger partial charge in [0.25, 0.3) is 11.5 Å². The van der Waals surface area contributed by atoms with Crippen LogP contribution in [0, 0.1) is 11.6 Å². The highest BCUT2D eigenvalue weighted by molar-refractivity contribution is 6.01. The van der Waals surface area contributed by atoms with Crippen LogP contribution in [0.2, 0.25) is 0 Å². The summed E-state index contributed by atoms with van der Waals surface area (Å²) in [6.07, 6.45) is 4.65. The number of carbonyl (C=O) groups is 2. The van der Waals surface area contributed by atoms with Crippen LogP contribution in [0.5, 0.6) is 5.75 Å². The summed E-state index contributed by atoms with van der Waals surface area (Å²) in [5.41, 5.74) is 0.933. The molecule has 1 fully saturated rings. The van der Waals surface area contributed by atoms with Gasteiger partial charge >= 0.3 is 0 Å². The minimum Gasteiger partial charge on any atom is -0.505 e. The number of pyridine rings is 2. The molecular weight excluding hydrogens is 518 g/mol. The van der Waals surface area contributed by atoms with E-state index in [0.29, 0.717) is 30.6 Å². The predicted octanol–water partition coefficient (Wildman–Crippen LogP) is 3.91. The fraction of sp³-hybridized carbons (Fsp3) is 0.267. The fourth-order valence-corrected chi connectivity index (χ4v) is 4.89. The van der Waals surface area contributed by atoms with Crippen LogP contribution in [-0.2, 0) is 24.3 Å². The lowest BCUT2D eigenvalue weighted by Gasteiger charge is -2.27. The van der Waals surface area contributed by atoms with Crippen molar-refractivity contribution in [3.05, 3.63) is 105 Å². The Labute approximate surface area is 228 Å². The Kier molecular flexibility index (Phi) is 7.86. The monoisotopic (exact) mass is 546 g/mol. The Morgan fingerprint density at radius 3 is 2.17 bits per heavy atom. The molecule has 40 heavy (non-hydrogen) atoms. The number of amides is 2. The van der Waals surface area contributed by atoms with Crippen LogP contribution in [0.1, 0.15) is 46.3 Å². The third-order valence-corrected chi connectivity index (χ3v) is 7.05. The maximum absolute atomic E-state index is 13.7. The highest BCUT2D eigenvalue weighted by Gasteiger charge is 2.26. The molecule has 1 aliphatic heterocycles. The minimum absolute atomic E-state index is 0.000771. The van der Waals surface area contributed by atoms with Crippen LogP contribution in [0.4, 0.5) is 8.78 Å². The Balaban J connectivity index is 1.53. The van der Waals surface area contributed by atoms with Crippen molar-refractivity contribution in [2.24, 2.45) is 0 Å². The van der Waals surface area contributed by atoms with Gasteiger partial charge in [0, 0.05) is 25.8 Å². The minimum atomic E-state index is -0.843. The molecule has 0 saturated carbocycles. The number of nitrogens with one attached hydrogen (secondary N) is 1. The fourth-order valence-electron chi connectivity index (χ4n) is 4.89. The summed E-state index contributed by atoms with van der Waals surface area (Å²) in [6.45, 7) is 0.841. The Bertz CT molecular complexity index is 1610. The number of nitrogens with zero attached hydrogens (tertiary/aromatic N) is 3. The number of benzene rings is 2. The average Bonchev–Trinajstić information content (AvgIpc) is 2.96. The summed E-state index contributed by atoms with van der Waals surface area (Å²) in [7, 11) is 0. The summed E-state index contributed by atoms with van der Waals surface area (Å²) >= 11 is 0. The molecule has 1 aliphatic rings. The van der Waals surface area contributed by atoms with E-state index in [1.807, 2.05) is 0 Å². The summed E-state index contributed by atoms with van der Waals surface area (Å²) in [6, 6.07) is 13.1. The first kappa shape index (κ1) is 27.0.